The average molecular weight is 447 g/mol. The van der Waals surface area contributed by atoms with Crippen LogP contribution in [0.5, 0.6) is 0 Å². The number of piperidine rings is 1. The lowest BCUT2D eigenvalue weighted by Crippen LogP contribution is -2.47. The van der Waals surface area contributed by atoms with Crippen LogP contribution in [0.2, 0.25) is 0 Å². The van der Waals surface area contributed by atoms with E-state index in [-0.39, 0.29) is 24.9 Å². The number of alkyl halides is 2. The zero-order chi connectivity index (χ0) is 22.0. The standard InChI is InChI=1S/C21H24F2N6OS/c1-13-24-27-21(31-13)14-3-4-18-15(9-14)10-16(25-26-18)11-20(30)29-7-5-17(6-8-29)28(2)12-19(22)23/h3-4,9-10,17,19H,5-8,11-12H2,1-2H3. The van der Waals surface area contributed by atoms with Gasteiger partial charge in [-0.3, -0.25) is 9.69 Å². The van der Waals surface area contributed by atoms with E-state index in [0.717, 1.165) is 26.5 Å². The highest BCUT2D eigenvalue weighted by Crippen LogP contribution is 2.26. The third-order valence-electron chi connectivity index (χ3n) is 5.61. The van der Waals surface area contributed by atoms with Crippen LogP contribution >= 0.6 is 11.3 Å². The Labute approximate surface area is 183 Å². The van der Waals surface area contributed by atoms with Crippen LogP contribution in [0.3, 0.4) is 0 Å². The van der Waals surface area contributed by atoms with Crippen molar-refractivity contribution in [3.63, 3.8) is 0 Å². The highest BCUT2D eigenvalue weighted by atomic mass is 32.1. The zero-order valence-electron chi connectivity index (χ0n) is 17.5. The number of amides is 1. The van der Waals surface area contributed by atoms with Crippen molar-refractivity contribution in [3.05, 3.63) is 35.0 Å². The molecule has 0 saturated carbocycles. The first-order valence-corrected chi connectivity index (χ1v) is 11.0. The smallest absolute Gasteiger partial charge is 0.251 e. The first kappa shape index (κ1) is 21.6. The molecule has 0 atom stereocenters. The maximum absolute atomic E-state index is 12.8. The number of aryl methyl sites for hydroxylation is 1. The van der Waals surface area contributed by atoms with E-state index in [0.29, 0.717) is 31.6 Å². The summed E-state index contributed by atoms with van der Waals surface area (Å²) in [6.45, 7) is 2.82. The summed E-state index contributed by atoms with van der Waals surface area (Å²) in [7, 11) is 1.72. The van der Waals surface area contributed by atoms with E-state index in [1.807, 2.05) is 31.2 Å². The van der Waals surface area contributed by atoms with Crippen LogP contribution in [0, 0.1) is 6.92 Å². The monoisotopic (exact) mass is 446 g/mol. The summed E-state index contributed by atoms with van der Waals surface area (Å²) in [5.74, 6) is -0.0143. The molecule has 0 spiro atoms. The summed E-state index contributed by atoms with van der Waals surface area (Å²) in [5.41, 5.74) is 2.32. The summed E-state index contributed by atoms with van der Waals surface area (Å²) in [5, 5.41) is 19.3. The van der Waals surface area contributed by atoms with Gasteiger partial charge in [-0.2, -0.15) is 10.2 Å². The number of fused-ring (bicyclic) bond motifs is 1. The third kappa shape index (κ3) is 5.19. The summed E-state index contributed by atoms with van der Waals surface area (Å²) in [6.07, 6.45) is -0.776. The molecule has 1 fully saturated rings. The number of nitrogens with zero attached hydrogens (tertiary/aromatic N) is 6. The number of carbonyl (C=O) groups is 1. The lowest BCUT2D eigenvalue weighted by atomic mass is 10.0. The fourth-order valence-corrected chi connectivity index (χ4v) is 4.60. The number of hydrogen-bond donors (Lipinski definition) is 0. The maximum atomic E-state index is 12.8. The minimum absolute atomic E-state index is 0.0143. The molecule has 0 bridgehead atoms. The highest BCUT2D eigenvalue weighted by molar-refractivity contribution is 7.14. The lowest BCUT2D eigenvalue weighted by molar-refractivity contribution is -0.132. The summed E-state index contributed by atoms with van der Waals surface area (Å²) < 4.78 is 25.2. The van der Waals surface area contributed by atoms with Crippen LogP contribution in [-0.4, -0.2) is 75.3 Å². The van der Waals surface area contributed by atoms with Crippen molar-refractivity contribution >= 4 is 28.1 Å². The van der Waals surface area contributed by atoms with Crippen LogP contribution in [0.4, 0.5) is 8.78 Å². The lowest BCUT2D eigenvalue weighted by Gasteiger charge is -2.36. The van der Waals surface area contributed by atoms with Gasteiger partial charge in [-0.25, -0.2) is 8.78 Å². The predicted molar refractivity (Wildman–Crippen MR) is 115 cm³/mol. The summed E-state index contributed by atoms with van der Waals surface area (Å²) in [4.78, 5) is 16.2. The number of benzene rings is 1. The van der Waals surface area contributed by atoms with Crippen LogP contribution < -0.4 is 0 Å². The molecule has 10 heteroatoms. The van der Waals surface area contributed by atoms with E-state index in [9.17, 15) is 13.6 Å². The van der Waals surface area contributed by atoms with Crippen molar-refractivity contribution in [2.75, 3.05) is 26.7 Å². The molecule has 1 saturated heterocycles. The molecule has 1 aromatic carbocycles. The van der Waals surface area contributed by atoms with Crippen LogP contribution in [0.25, 0.3) is 21.5 Å². The highest BCUT2D eigenvalue weighted by Gasteiger charge is 2.26. The fourth-order valence-electron chi connectivity index (χ4n) is 3.91. The Bertz CT molecular complexity index is 1070. The van der Waals surface area contributed by atoms with Gasteiger partial charge in [0, 0.05) is 30.1 Å². The first-order chi connectivity index (χ1) is 14.9. The van der Waals surface area contributed by atoms with E-state index in [2.05, 4.69) is 20.4 Å². The number of likely N-dealkylation sites (tertiary alicyclic amines) is 1. The van der Waals surface area contributed by atoms with E-state index in [4.69, 9.17) is 0 Å². The third-order valence-corrected chi connectivity index (χ3v) is 6.50. The molecule has 1 aliphatic rings. The van der Waals surface area contributed by atoms with Gasteiger partial charge in [0.1, 0.15) is 10.0 Å². The first-order valence-electron chi connectivity index (χ1n) is 10.2. The normalized spacial score (nSPS) is 15.4. The largest absolute Gasteiger partial charge is 0.342 e. The van der Waals surface area contributed by atoms with Gasteiger partial charge in [0.2, 0.25) is 5.91 Å². The molecule has 3 heterocycles. The number of rotatable bonds is 6. The van der Waals surface area contributed by atoms with Crippen molar-refractivity contribution in [3.8, 4) is 10.6 Å². The molecule has 0 radical (unpaired) electrons. The second kappa shape index (κ2) is 9.27. The average Bonchev–Trinajstić information content (AvgIpc) is 3.19. The van der Waals surface area contributed by atoms with Crippen LogP contribution in [-0.2, 0) is 11.2 Å². The fraction of sp³-hybridized carbons (Fsp3) is 0.476. The molecule has 1 amide bonds. The molecule has 0 unspecified atom stereocenters. The van der Waals surface area contributed by atoms with Crippen molar-refractivity contribution in [2.24, 2.45) is 0 Å². The van der Waals surface area contributed by atoms with Gasteiger partial charge >= 0.3 is 0 Å². The molecule has 3 aromatic rings. The Kier molecular flexibility index (Phi) is 6.47. The van der Waals surface area contributed by atoms with E-state index < -0.39 is 6.43 Å². The second-order valence-electron chi connectivity index (χ2n) is 7.85. The molecular formula is C21H24F2N6OS. The molecule has 31 heavy (non-hydrogen) atoms. The van der Waals surface area contributed by atoms with Gasteiger partial charge in [0.15, 0.2) is 0 Å². The number of halogens is 2. The van der Waals surface area contributed by atoms with Gasteiger partial charge in [0.05, 0.1) is 24.2 Å². The van der Waals surface area contributed by atoms with E-state index in [1.165, 1.54) is 11.3 Å². The van der Waals surface area contributed by atoms with Gasteiger partial charge < -0.3 is 4.90 Å². The van der Waals surface area contributed by atoms with Crippen LogP contribution in [0.15, 0.2) is 24.3 Å². The van der Waals surface area contributed by atoms with Gasteiger partial charge in [-0.05, 0) is 51.1 Å². The quantitative estimate of drug-likeness (QED) is 0.579. The molecule has 7 nitrogen and oxygen atoms in total. The van der Waals surface area contributed by atoms with Crippen molar-refractivity contribution in [1.29, 1.82) is 0 Å². The van der Waals surface area contributed by atoms with Crippen molar-refractivity contribution < 1.29 is 13.6 Å². The second-order valence-corrected chi connectivity index (χ2v) is 9.04. The maximum Gasteiger partial charge on any atom is 0.251 e. The molecule has 1 aliphatic heterocycles. The van der Waals surface area contributed by atoms with Crippen molar-refractivity contribution in [1.82, 2.24) is 30.2 Å². The molecule has 164 valence electrons. The molecule has 0 N–H and O–H groups in total. The predicted octanol–water partition coefficient (Wildman–Crippen LogP) is 3.19. The van der Waals surface area contributed by atoms with Gasteiger partial charge in [-0.1, -0.05) is 11.3 Å². The molecule has 4 rings (SSSR count). The molecule has 0 aliphatic carbocycles. The van der Waals surface area contributed by atoms with Crippen molar-refractivity contribution in [2.45, 2.75) is 38.7 Å². The minimum atomic E-state index is -2.34. The minimum Gasteiger partial charge on any atom is -0.342 e. The Hall–Kier alpha value is -2.59. The summed E-state index contributed by atoms with van der Waals surface area (Å²) in [6, 6.07) is 7.79. The Morgan fingerprint density at radius 3 is 2.65 bits per heavy atom. The topological polar surface area (TPSA) is 75.1 Å². The SMILES string of the molecule is Cc1nnc(-c2ccc3nnc(CC(=O)N4CCC(N(C)CC(F)F)CC4)cc3c2)s1. The Morgan fingerprint density at radius 2 is 1.97 bits per heavy atom. The molecule has 2 aromatic heterocycles. The van der Waals surface area contributed by atoms with Gasteiger partial charge in [-0.15, -0.1) is 10.2 Å². The summed E-state index contributed by atoms with van der Waals surface area (Å²) >= 11 is 1.52. The zero-order valence-corrected chi connectivity index (χ0v) is 18.3. The molecular weight excluding hydrogens is 422 g/mol. The van der Waals surface area contributed by atoms with Gasteiger partial charge in [0.25, 0.3) is 6.43 Å². The van der Waals surface area contributed by atoms with E-state index in [1.54, 1.807) is 16.8 Å². The van der Waals surface area contributed by atoms with Crippen LogP contribution in [0.1, 0.15) is 23.5 Å². The number of aromatic nitrogens is 4. The van der Waals surface area contributed by atoms with E-state index >= 15 is 0 Å². The Morgan fingerprint density at radius 1 is 1.19 bits per heavy atom. The number of carbonyl (C=O) groups excluding carboxylic acids is 1. The number of hydrogen-bond acceptors (Lipinski definition) is 7. The Balaban J connectivity index is 1.41.